The second-order valence-electron chi connectivity index (χ2n) is 10.0. The monoisotopic (exact) mass is 526 g/mol. The predicted octanol–water partition coefficient (Wildman–Crippen LogP) is 9.33. The zero-order chi connectivity index (χ0) is 26.5. The third-order valence-corrected chi connectivity index (χ3v) is 7.97. The average Bonchev–Trinajstić information content (AvgIpc) is 2.85. The molecule has 0 aromatic carbocycles. The number of carbonyl (C=O) groups is 1. The molecule has 0 aliphatic carbocycles. The number of ether oxygens (including phenoxy) is 1. The van der Waals surface area contributed by atoms with Crippen molar-refractivity contribution in [2.75, 3.05) is 19.8 Å². The summed E-state index contributed by atoms with van der Waals surface area (Å²) in [6.07, 6.45) is 27.4. The van der Waals surface area contributed by atoms with E-state index in [1.807, 2.05) is 0 Å². The molecule has 0 aromatic heterocycles. The van der Waals surface area contributed by atoms with Crippen molar-refractivity contribution in [2.24, 2.45) is 0 Å². The molecule has 0 saturated carbocycles. The molecule has 0 aliphatic heterocycles. The Morgan fingerprint density at radius 1 is 0.583 bits per heavy atom. The summed E-state index contributed by atoms with van der Waals surface area (Å²) in [6, 6.07) is 0. The van der Waals surface area contributed by atoms with Crippen molar-refractivity contribution in [1.82, 2.24) is 0 Å². The van der Waals surface area contributed by atoms with Gasteiger partial charge in [0.15, 0.2) is 0 Å². The van der Waals surface area contributed by atoms with Crippen LogP contribution in [0, 0.1) is 0 Å². The second kappa shape index (κ2) is 29.0. The SMILES string of the molecule is CCCCCCCCCCCC[O][Al-]([O]CCCCCCCCCCCC)[O]/C(C)=C\C(=O)OCC. The molecule has 0 spiro atoms. The predicted molar refractivity (Wildman–Crippen MR) is 153 cm³/mol. The van der Waals surface area contributed by atoms with Gasteiger partial charge in [0, 0.05) is 5.76 Å². The van der Waals surface area contributed by atoms with Gasteiger partial charge >= 0.3 is 21.1 Å². The fourth-order valence-electron chi connectivity index (χ4n) is 4.19. The quantitative estimate of drug-likeness (QED) is 0.0334. The van der Waals surface area contributed by atoms with Gasteiger partial charge < -0.3 is 16.1 Å². The fourth-order valence-corrected chi connectivity index (χ4v) is 5.51. The Hall–Kier alpha value is -0.538. The summed E-state index contributed by atoms with van der Waals surface area (Å²) in [4.78, 5) is 11.7. The second-order valence-corrected chi connectivity index (χ2v) is 11.5. The standard InChI is InChI=1S/2C12H25O.C6H10O3.Al/c2*1-2-3-4-5-6-7-8-9-10-11-12-13;1-3-9-6(8)4-5(2)7;/h2*2-12H2,1H3;4,7H,3H2,1-2H3;/q2*-1;;+2/p-1/b;;5-4-;. The van der Waals surface area contributed by atoms with E-state index >= 15 is 0 Å². The van der Waals surface area contributed by atoms with Crippen LogP contribution in [-0.4, -0.2) is 40.9 Å². The van der Waals surface area contributed by atoms with Gasteiger partial charge in [0.1, 0.15) is 0 Å². The molecule has 0 bridgehead atoms. The molecule has 6 heteroatoms. The molecule has 0 amide bonds. The molecule has 0 N–H and O–H groups in total. The molecule has 0 aromatic rings. The van der Waals surface area contributed by atoms with Gasteiger partial charge in [0.05, 0.1) is 12.7 Å². The highest BCUT2D eigenvalue weighted by Crippen LogP contribution is 2.13. The fraction of sp³-hybridized carbons (Fsp3) is 0.900. The van der Waals surface area contributed by atoms with Gasteiger partial charge in [-0.1, -0.05) is 129 Å². The molecular weight excluding hydrogens is 467 g/mol. The summed E-state index contributed by atoms with van der Waals surface area (Å²) in [5, 5.41) is 0. The maximum Gasteiger partial charge on any atom is 0.653 e. The van der Waals surface area contributed by atoms with Crippen LogP contribution in [0.3, 0.4) is 0 Å². The van der Waals surface area contributed by atoms with E-state index < -0.39 is 15.1 Å². The maximum atomic E-state index is 11.7. The van der Waals surface area contributed by atoms with Gasteiger partial charge in [-0.3, -0.25) is 0 Å². The van der Waals surface area contributed by atoms with Crippen LogP contribution in [0.4, 0.5) is 0 Å². The van der Waals surface area contributed by atoms with Gasteiger partial charge in [-0.05, 0) is 39.9 Å². The molecule has 213 valence electrons. The molecule has 5 nitrogen and oxygen atoms in total. The summed E-state index contributed by atoms with van der Waals surface area (Å²) in [5.74, 6) is 0.128. The molecule has 0 saturated heterocycles. The molecule has 1 radical (unpaired) electrons. The number of hydrogen-bond acceptors (Lipinski definition) is 5. The first-order valence-electron chi connectivity index (χ1n) is 15.4. The molecule has 0 atom stereocenters. The van der Waals surface area contributed by atoms with E-state index in [4.69, 9.17) is 16.1 Å². The third-order valence-electron chi connectivity index (χ3n) is 6.39. The van der Waals surface area contributed by atoms with Gasteiger partial charge in [-0.25, -0.2) is 4.79 Å². The van der Waals surface area contributed by atoms with Crippen LogP contribution in [0.5, 0.6) is 0 Å². The number of esters is 1. The number of unbranched alkanes of at least 4 members (excludes halogenated alkanes) is 18. The van der Waals surface area contributed by atoms with Crippen molar-refractivity contribution < 1.29 is 20.9 Å². The highest BCUT2D eigenvalue weighted by atomic mass is 27.3. The van der Waals surface area contributed by atoms with E-state index in [0.717, 1.165) is 12.8 Å². The van der Waals surface area contributed by atoms with Crippen LogP contribution in [0.1, 0.15) is 156 Å². The van der Waals surface area contributed by atoms with Crippen molar-refractivity contribution >= 4 is 21.1 Å². The summed E-state index contributed by atoms with van der Waals surface area (Å²) in [7, 11) is 0. The van der Waals surface area contributed by atoms with E-state index in [9.17, 15) is 4.79 Å². The van der Waals surface area contributed by atoms with Gasteiger partial charge in [0.25, 0.3) is 0 Å². The van der Waals surface area contributed by atoms with Crippen molar-refractivity contribution in [2.45, 2.75) is 156 Å². The minimum Gasteiger partial charge on any atom is -0.777 e. The minimum absolute atomic E-state index is 0.355. The summed E-state index contributed by atoms with van der Waals surface area (Å²) in [5.41, 5.74) is 0. The van der Waals surface area contributed by atoms with Crippen molar-refractivity contribution in [3.63, 3.8) is 0 Å². The van der Waals surface area contributed by atoms with Crippen molar-refractivity contribution in [1.29, 1.82) is 0 Å². The van der Waals surface area contributed by atoms with E-state index in [-0.39, 0.29) is 5.97 Å². The summed E-state index contributed by atoms with van der Waals surface area (Å²) in [6.45, 7) is 9.78. The number of hydrogen-bond donors (Lipinski definition) is 0. The smallest absolute Gasteiger partial charge is 0.653 e. The van der Waals surface area contributed by atoms with Crippen LogP contribution in [0.2, 0.25) is 0 Å². The number of allylic oxidation sites excluding steroid dienone is 1. The Labute approximate surface area is 229 Å². The van der Waals surface area contributed by atoms with Gasteiger partial charge in [0.2, 0.25) is 0 Å². The third kappa shape index (κ3) is 26.5. The topological polar surface area (TPSA) is 54.0 Å². The van der Waals surface area contributed by atoms with Crippen LogP contribution in [-0.2, 0) is 20.9 Å². The van der Waals surface area contributed by atoms with Crippen LogP contribution in [0.25, 0.3) is 0 Å². The maximum absolute atomic E-state index is 11.7. The first-order valence-corrected chi connectivity index (χ1v) is 16.8. The summed E-state index contributed by atoms with van der Waals surface area (Å²) >= 11 is -2.31. The Morgan fingerprint density at radius 2 is 0.944 bits per heavy atom. The molecule has 0 rings (SSSR count). The van der Waals surface area contributed by atoms with Crippen LogP contribution in [0.15, 0.2) is 11.8 Å². The Bertz CT molecular complexity index is 472. The van der Waals surface area contributed by atoms with E-state index in [2.05, 4.69) is 13.8 Å². The lowest BCUT2D eigenvalue weighted by atomic mass is 10.1. The lowest BCUT2D eigenvalue weighted by molar-refractivity contribution is -0.137. The first kappa shape index (κ1) is 35.5. The van der Waals surface area contributed by atoms with Crippen LogP contribution >= 0.6 is 0 Å². The highest BCUT2D eigenvalue weighted by Gasteiger charge is 2.13. The lowest BCUT2D eigenvalue weighted by Crippen LogP contribution is -2.28. The van der Waals surface area contributed by atoms with Crippen molar-refractivity contribution in [3.8, 4) is 0 Å². The zero-order valence-corrected chi connectivity index (χ0v) is 25.6. The zero-order valence-electron chi connectivity index (χ0n) is 24.5. The average molecular weight is 527 g/mol. The van der Waals surface area contributed by atoms with Crippen LogP contribution < -0.4 is 0 Å². The van der Waals surface area contributed by atoms with E-state index in [0.29, 0.717) is 25.6 Å². The molecule has 0 heterocycles. The molecule has 36 heavy (non-hydrogen) atoms. The number of rotatable bonds is 28. The molecule has 0 fully saturated rings. The minimum atomic E-state index is -2.31. The Morgan fingerprint density at radius 3 is 1.31 bits per heavy atom. The Balaban J connectivity index is 4.07. The lowest BCUT2D eigenvalue weighted by Gasteiger charge is -2.30. The normalized spacial score (nSPS) is 11.9. The highest BCUT2D eigenvalue weighted by molar-refractivity contribution is 6.36. The molecule has 0 unspecified atom stereocenters. The van der Waals surface area contributed by atoms with Crippen molar-refractivity contribution in [3.05, 3.63) is 11.8 Å². The van der Waals surface area contributed by atoms with E-state index in [1.54, 1.807) is 13.8 Å². The largest absolute Gasteiger partial charge is 0.777 e. The summed E-state index contributed by atoms with van der Waals surface area (Å²) < 4.78 is 22.9. The molecular formula is C30H59AlO5-. The Kier molecular flexibility index (Phi) is 28.6. The van der Waals surface area contributed by atoms with Gasteiger partial charge in [-0.2, -0.15) is 0 Å². The number of carbonyl (C=O) groups excluding carboxylic acids is 1. The molecule has 0 aliphatic rings. The van der Waals surface area contributed by atoms with Gasteiger partial charge in [-0.15, -0.1) is 0 Å². The first-order chi connectivity index (χ1) is 17.6. The van der Waals surface area contributed by atoms with E-state index in [1.165, 1.54) is 122 Å².